The van der Waals surface area contributed by atoms with Crippen molar-refractivity contribution in [2.45, 2.75) is 0 Å². The maximum Gasteiger partial charge on any atom is 0.196 e. The molecule has 4 aromatic rings. The number of fused-ring (bicyclic) bond motifs is 2. The van der Waals surface area contributed by atoms with Crippen molar-refractivity contribution in [1.82, 2.24) is 0 Å². The maximum atomic E-state index is 13.5. The Morgan fingerprint density at radius 3 is 1.33 bits per heavy atom. The van der Waals surface area contributed by atoms with Gasteiger partial charge in [-0.05, 0) is 48.5 Å². The minimum atomic E-state index is -0.438. The van der Waals surface area contributed by atoms with Crippen molar-refractivity contribution in [1.29, 1.82) is 0 Å². The van der Waals surface area contributed by atoms with Crippen molar-refractivity contribution in [2.24, 2.45) is 20.5 Å². The molecule has 0 unspecified atom stereocenters. The third-order valence-electron chi connectivity index (χ3n) is 5.43. The molecule has 0 saturated carbocycles. The highest BCUT2D eigenvalue weighted by atomic mass is 35.5. The molecule has 2 N–H and O–H groups in total. The molecule has 5 rings (SSSR count). The van der Waals surface area contributed by atoms with Gasteiger partial charge in [-0.15, -0.1) is 20.5 Å². The van der Waals surface area contributed by atoms with E-state index in [1.54, 1.807) is 24.3 Å². The van der Waals surface area contributed by atoms with Gasteiger partial charge in [-0.25, -0.2) is 0 Å². The third-order valence-corrected chi connectivity index (χ3v) is 5.90. The van der Waals surface area contributed by atoms with Gasteiger partial charge < -0.3 is 10.2 Å². The second kappa shape index (κ2) is 9.33. The van der Waals surface area contributed by atoms with Gasteiger partial charge in [-0.1, -0.05) is 47.5 Å². The van der Waals surface area contributed by atoms with Crippen molar-refractivity contribution in [2.75, 3.05) is 0 Å². The van der Waals surface area contributed by atoms with Crippen LogP contribution in [0.3, 0.4) is 0 Å². The Kier molecular flexibility index (Phi) is 6.05. The summed E-state index contributed by atoms with van der Waals surface area (Å²) >= 11 is 11.9. The molecule has 4 aromatic carbocycles. The first kappa shape index (κ1) is 23.3. The molecular weight excluding hydrogens is 503 g/mol. The smallest absolute Gasteiger partial charge is 0.196 e. The van der Waals surface area contributed by atoms with Crippen LogP contribution >= 0.6 is 23.2 Å². The Morgan fingerprint density at radius 1 is 0.528 bits per heavy atom. The van der Waals surface area contributed by atoms with E-state index >= 15 is 0 Å². The van der Waals surface area contributed by atoms with Gasteiger partial charge in [0.05, 0.1) is 22.5 Å². The second-order valence-electron chi connectivity index (χ2n) is 7.72. The number of benzene rings is 4. The van der Waals surface area contributed by atoms with Crippen LogP contribution in [0.25, 0.3) is 0 Å². The molecule has 0 aromatic heterocycles. The fourth-order valence-corrected chi connectivity index (χ4v) is 4.07. The summed E-state index contributed by atoms with van der Waals surface area (Å²) in [7, 11) is 0. The van der Waals surface area contributed by atoms with Crippen LogP contribution in [0.4, 0.5) is 22.7 Å². The van der Waals surface area contributed by atoms with E-state index < -0.39 is 11.6 Å². The average molecular weight is 517 g/mol. The summed E-state index contributed by atoms with van der Waals surface area (Å²) in [6.07, 6.45) is 0. The number of hydrogen-bond acceptors (Lipinski definition) is 8. The molecule has 8 nitrogen and oxygen atoms in total. The third kappa shape index (κ3) is 4.24. The van der Waals surface area contributed by atoms with Crippen LogP contribution in [0, 0.1) is 0 Å². The minimum absolute atomic E-state index is 0.0850. The lowest BCUT2D eigenvalue weighted by Crippen LogP contribution is -2.21. The highest BCUT2D eigenvalue weighted by molar-refractivity contribution is 6.32. The first-order valence-corrected chi connectivity index (χ1v) is 11.2. The molecule has 0 aliphatic heterocycles. The van der Waals surface area contributed by atoms with Gasteiger partial charge in [0.15, 0.2) is 11.6 Å². The number of halogens is 2. The zero-order chi connectivity index (χ0) is 25.4. The summed E-state index contributed by atoms with van der Waals surface area (Å²) in [6, 6.07) is 17.9. The lowest BCUT2D eigenvalue weighted by molar-refractivity contribution is 0.0980. The number of carbonyl (C=O) groups is 2. The number of aromatic hydroxyl groups is 2. The van der Waals surface area contributed by atoms with E-state index in [1.807, 2.05) is 0 Å². The van der Waals surface area contributed by atoms with Crippen molar-refractivity contribution < 1.29 is 19.8 Å². The number of rotatable bonds is 4. The van der Waals surface area contributed by atoms with Gasteiger partial charge in [0.1, 0.15) is 22.9 Å². The van der Waals surface area contributed by atoms with Crippen molar-refractivity contribution in [3.63, 3.8) is 0 Å². The quantitative estimate of drug-likeness (QED) is 0.234. The fourth-order valence-electron chi connectivity index (χ4n) is 3.74. The Bertz CT molecular complexity index is 1510. The fraction of sp³-hybridized carbons (Fsp3) is 0. The average Bonchev–Trinajstić information content (AvgIpc) is 2.87. The van der Waals surface area contributed by atoms with E-state index in [1.165, 1.54) is 48.5 Å². The molecule has 0 amide bonds. The van der Waals surface area contributed by atoms with Crippen molar-refractivity contribution >= 4 is 57.5 Å². The number of carbonyl (C=O) groups excluding carboxylic acids is 2. The number of nitrogens with zero attached hydrogens (tertiary/aromatic N) is 4. The number of azo groups is 2. The minimum Gasteiger partial charge on any atom is -0.506 e. The van der Waals surface area contributed by atoms with Gasteiger partial charge in [0.25, 0.3) is 0 Å². The molecule has 10 heteroatoms. The lowest BCUT2D eigenvalue weighted by atomic mass is 9.82. The van der Waals surface area contributed by atoms with Gasteiger partial charge in [-0.3, -0.25) is 9.59 Å². The first-order chi connectivity index (χ1) is 17.3. The molecule has 176 valence electrons. The summed E-state index contributed by atoms with van der Waals surface area (Å²) < 4.78 is 0. The Hall–Kier alpha value is -4.40. The van der Waals surface area contributed by atoms with Gasteiger partial charge >= 0.3 is 0 Å². The van der Waals surface area contributed by atoms with Crippen molar-refractivity contribution in [3.8, 4) is 11.5 Å². The predicted octanol–water partition coefficient (Wildman–Crippen LogP) is 8.01. The Balaban J connectivity index is 1.57. The molecule has 0 atom stereocenters. The zero-order valence-electron chi connectivity index (χ0n) is 18.2. The number of phenols is 2. The Morgan fingerprint density at radius 2 is 0.917 bits per heavy atom. The summed E-state index contributed by atoms with van der Waals surface area (Å²) in [5.41, 5.74) is 0.978. The maximum absolute atomic E-state index is 13.5. The van der Waals surface area contributed by atoms with E-state index in [0.29, 0.717) is 10.0 Å². The van der Waals surface area contributed by atoms with E-state index in [2.05, 4.69) is 20.5 Å². The van der Waals surface area contributed by atoms with Crippen LogP contribution < -0.4 is 0 Å². The SMILES string of the molecule is O=C1c2cccc(N=Nc3cc(Cl)ccc3O)c2C(=O)c2cccc(N=Nc3cc(Cl)ccc3O)c21. The summed E-state index contributed by atoms with van der Waals surface area (Å²) in [5.74, 6) is -1.15. The normalized spacial score (nSPS) is 12.8. The molecule has 36 heavy (non-hydrogen) atoms. The van der Waals surface area contributed by atoms with Gasteiger partial charge in [0.2, 0.25) is 0 Å². The van der Waals surface area contributed by atoms with E-state index in [9.17, 15) is 19.8 Å². The first-order valence-electron chi connectivity index (χ1n) is 10.5. The molecule has 0 fully saturated rings. The van der Waals surface area contributed by atoms with Crippen molar-refractivity contribution in [3.05, 3.63) is 105 Å². The molecule has 1 aliphatic rings. The summed E-state index contributed by atoms with van der Waals surface area (Å²) in [4.78, 5) is 27.0. The molecule has 0 bridgehead atoms. The van der Waals surface area contributed by atoms with Crippen LogP contribution in [-0.4, -0.2) is 21.8 Å². The zero-order valence-corrected chi connectivity index (χ0v) is 19.7. The molecule has 0 heterocycles. The number of ketones is 2. The van der Waals surface area contributed by atoms with Crippen LogP contribution in [0.2, 0.25) is 10.0 Å². The van der Waals surface area contributed by atoms with Crippen LogP contribution in [0.5, 0.6) is 11.5 Å². The molecule has 0 radical (unpaired) electrons. The standard InChI is InChI=1S/C26H14Cl2N4O4/c27-13-7-9-21(33)19(11-13)31-29-17-5-1-3-15-23(17)26(36)16-4-2-6-18(24(16)25(15)35)30-32-20-12-14(28)8-10-22(20)34/h1-12,33-34H. The highest BCUT2D eigenvalue weighted by Gasteiger charge is 2.33. The predicted molar refractivity (Wildman–Crippen MR) is 134 cm³/mol. The van der Waals surface area contributed by atoms with Crippen LogP contribution in [0.1, 0.15) is 31.8 Å². The van der Waals surface area contributed by atoms with Gasteiger partial charge in [0, 0.05) is 21.2 Å². The number of phenolic OH excluding ortho intramolecular Hbond substituents is 2. The van der Waals surface area contributed by atoms with Crippen LogP contribution in [0.15, 0.2) is 93.3 Å². The number of hydrogen-bond donors (Lipinski definition) is 2. The van der Waals surface area contributed by atoms with Crippen LogP contribution in [-0.2, 0) is 0 Å². The molecular formula is C26H14Cl2N4O4. The highest BCUT2D eigenvalue weighted by Crippen LogP contribution is 2.39. The summed E-state index contributed by atoms with van der Waals surface area (Å²) in [5, 5.41) is 37.0. The molecule has 0 saturated heterocycles. The topological polar surface area (TPSA) is 124 Å². The van der Waals surface area contributed by atoms with E-state index in [4.69, 9.17) is 23.2 Å². The molecule has 1 aliphatic carbocycles. The van der Waals surface area contributed by atoms with E-state index in [-0.39, 0.29) is 56.5 Å². The monoisotopic (exact) mass is 516 g/mol. The Labute approximate surface area is 214 Å². The van der Waals surface area contributed by atoms with Gasteiger partial charge in [-0.2, -0.15) is 0 Å². The molecule has 0 spiro atoms. The largest absolute Gasteiger partial charge is 0.506 e. The van der Waals surface area contributed by atoms with E-state index in [0.717, 1.165) is 0 Å². The lowest BCUT2D eigenvalue weighted by Gasteiger charge is -2.19. The second-order valence-corrected chi connectivity index (χ2v) is 8.60. The summed E-state index contributed by atoms with van der Waals surface area (Å²) in [6.45, 7) is 0.